The normalized spacial score (nSPS) is 23.6. The van der Waals surface area contributed by atoms with Crippen molar-refractivity contribution in [2.75, 3.05) is 33.3 Å². The Morgan fingerprint density at radius 1 is 1.65 bits per heavy atom. The van der Waals surface area contributed by atoms with Gasteiger partial charge in [-0.1, -0.05) is 0 Å². The van der Waals surface area contributed by atoms with Crippen LogP contribution < -0.4 is 5.32 Å². The van der Waals surface area contributed by atoms with E-state index in [1.165, 1.54) is 7.05 Å². The standard InChI is InChI=1S/C9H18N2O5S/c1-7(9(12)13)17(14,15)11(2)6-8-5-10-3-4-16-8/h7-8,10H,3-6H2,1-2H3,(H,12,13). The minimum Gasteiger partial charge on any atom is -0.480 e. The first-order valence-electron chi connectivity index (χ1n) is 5.36. The van der Waals surface area contributed by atoms with Crippen molar-refractivity contribution in [1.82, 2.24) is 9.62 Å². The van der Waals surface area contributed by atoms with Crippen LogP contribution in [-0.2, 0) is 19.6 Å². The molecule has 2 atom stereocenters. The van der Waals surface area contributed by atoms with Gasteiger partial charge in [0.15, 0.2) is 5.25 Å². The molecule has 0 spiro atoms. The highest BCUT2D eigenvalue weighted by Gasteiger charge is 2.33. The van der Waals surface area contributed by atoms with Crippen LogP contribution in [0.2, 0.25) is 0 Å². The smallest absolute Gasteiger partial charge is 0.323 e. The van der Waals surface area contributed by atoms with E-state index in [2.05, 4.69) is 5.32 Å². The second-order valence-corrected chi connectivity index (χ2v) is 6.36. The first-order valence-corrected chi connectivity index (χ1v) is 6.86. The highest BCUT2D eigenvalue weighted by molar-refractivity contribution is 7.90. The van der Waals surface area contributed by atoms with Gasteiger partial charge in [-0.25, -0.2) is 12.7 Å². The van der Waals surface area contributed by atoms with E-state index in [0.29, 0.717) is 13.2 Å². The predicted octanol–water partition coefficient (Wildman–Crippen LogP) is -1.29. The van der Waals surface area contributed by atoms with Crippen LogP contribution in [0, 0.1) is 0 Å². The molecule has 2 unspecified atom stereocenters. The van der Waals surface area contributed by atoms with Gasteiger partial charge in [0.2, 0.25) is 10.0 Å². The Bertz CT molecular complexity index is 364. The van der Waals surface area contributed by atoms with Gasteiger partial charge in [0.1, 0.15) is 0 Å². The number of morpholine rings is 1. The minimum absolute atomic E-state index is 0.160. The summed E-state index contributed by atoms with van der Waals surface area (Å²) >= 11 is 0. The number of aliphatic carboxylic acids is 1. The number of carboxylic acids is 1. The molecule has 1 fully saturated rings. The first kappa shape index (κ1) is 14.4. The summed E-state index contributed by atoms with van der Waals surface area (Å²) in [6.45, 7) is 3.17. The van der Waals surface area contributed by atoms with Crippen LogP contribution >= 0.6 is 0 Å². The SMILES string of the molecule is CC(C(=O)O)S(=O)(=O)N(C)CC1CNCCO1. The second kappa shape index (κ2) is 5.76. The average molecular weight is 266 g/mol. The van der Waals surface area contributed by atoms with Gasteiger partial charge in [0.25, 0.3) is 0 Å². The number of carbonyl (C=O) groups is 1. The monoisotopic (exact) mass is 266 g/mol. The number of carboxylic acid groups (broad SMARTS) is 1. The van der Waals surface area contributed by atoms with Crippen LogP contribution in [0.25, 0.3) is 0 Å². The largest absolute Gasteiger partial charge is 0.480 e. The quantitative estimate of drug-likeness (QED) is 0.643. The molecular formula is C9H18N2O5S. The zero-order valence-electron chi connectivity index (χ0n) is 9.92. The van der Waals surface area contributed by atoms with E-state index >= 15 is 0 Å². The lowest BCUT2D eigenvalue weighted by molar-refractivity contribution is -0.136. The maximum absolute atomic E-state index is 11.8. The number of ether oxygens (including phenoxy) is 1. The van der Waals surface area contributed by atoms with E-state index in [1.807, 2.05) is 0 Å². The summed E-state index contributed by atoms with van der Waals surface area (Å²) in [6.07, 6.45) is -0.232. The van der Waals surface area contributed by atoms with Gasteiger partial charge in [0, 0.05) is 26.7 Å². The summed E-state index contributed by atoms with van der Waals surface area (Å²) in [5.74, 6) is -1.35. The molecule has 2 N–H and O–H groups in total. The third-order valence-corrected chi connectivity index (χ3v) is 4.81. The summed E-state index contributed by atoms with van der Waals surface area (Å²) < 4.78 is 30.0. The second-order valence-electron chi connectivity index (χ2n) is 4.00. The van der Waals surface area contributed by atoms with Crippen molar-refractivity contribution < 1.29 is 23.1 Å². The van der Waals surface area contributed by atoms with Gasteiger partial charge in [0.05, 0.1) is 12.7 Å². The molecule has 17 heavy (non-hydrogen) atoms. The number of hydrogen-bond acceptors (Lipinski definition) is 5. The topological polar surface area (TPSA) is 95.9 Å². The van der Waals surface area contributed by atoms with Gasteiger partial charge >= 0.3 is 5.97 Å². The number of rotatable bonds is 5. The van der Waals surface area contributed by atoms with Gasteiger partial charge in [-0.15, -0.1) is 0 Å². The molecule has 1 saturated heterocycles. The highest BCUT2D eigenvalue weighted by atomic mass is 32.2. The zero-order chi connectivity index (χ0) is 13.1. The van der Waals surface area contributed by atoms with Crippen molar-refractivity contribution >= 4 is 16.0 Å². The van der Waals surface area contributed by atoms with E-state index in [9.17, 15) is 13.2 Å². The molecule has 0 aliphatic carbocycles. The van der Waals surface area contributed by atoms with E-state index in [4.69, 9.17) is 9.84 Å². The molecular weight excluding hydrogens is 248 g/mol. The molecule has 1 rings (SSSR count). The number of likely N-dealkylation sites (N-methyl/N-ethyl adjacent to an activating group) is 1. The fourth-order valence-electron chi connectivity index (χ4n) is 1.52. The summed E-state index contributed by atoms with van der Waals surface area (Å²) in [5.41, 5.74) is 0. The van der Waals surface area contributed by atoms with Crippen molar-refractivity contribution in [2.45, 2.75) is 18.3 Å². The summed E-state index contributed by atoms with van der Waals surface area (Å²) in [7, 11) is -2.44. The Labute approximate surface area is 101 Å². The van der Waals surface area contributed by atoms with Crippen LogP contribution in [0.3, 0.4) is 0 Å². The number of nitrogens with zero attached hydrogens (tertiary/aromatic N) is 1. The number of nitrogens with one attached hydrogen (secondary N) is 1. The van der Waals surface area contributed by atoms with Crippen LogP contribution in [0.15, 0.2) is 0 Å². The van der Waals surface area contributed by atoms with Crippen molar-refractivity contribution in [3.63, 3.8) is 0 Å². The summed E-state index contributed by atoms with van der Waals surface area (Å²) in [4.78, 5) is 10.7. The molecule has 1 aliphatic heterocycles. The Morgan fingerprint density at radius 3 is 2.76 bits per heavy atom. The lowest BCUT2D eigenvalue weighted by Crippen LogP contribution is -2.48. The van der Waals surface area contributed by atoms with Crippen molar-refractivity contribution in [3.8, 4) is 0 Å². The number of sulfonamides is 1. The van der Waals surface area contributed by atoms with Gasteiger partial charge in [-0.05, 0) is 6.92 Å². The fraction of sp³-hybridized carbons (Fsp3) is 0.889. The molecule has 0 saturated carbocycles. The molecule has 0 bridgehead atoms. The summed E-state index contributed by atoms with van der Waals surface area (Å²) in [5, 5.41) is 10.4. The van der Waals surface area contributed by atoms with E-state index < -0.39 is 21.2 Å². The Hall–Kier alpha value is -0.700. The Kier molecular flexibility index (Phi) is 4.87. The van der Waals surface area contributed by atoms with E-state index in [-0.39, 0.29) is 12.6 Å². The molecule has 0 aromatic heterocycles. The molecule has 0 amide bonds. The van der Waals surface area contributed by atoms with Crippen molar-refractivity contribution in [3.05, 3.63) is 0 Å². The van der Waals surface area contributed by atoms with E-state index in [0.717, 1.165) is 17.8 Å². The maximum atomic E-state index is 11.8. The van der Waals surface area contributed by atoms with Crippen LogP contribution in [0.1, 0.15) is 6.92 Å². The Morgan fingerprint density at radius 2 is 2.29 bits per heavy atom. The van der Waals surface area contributed by atoms with Gasteiger partial charge in [-0.3, -0.25) is 4.79 Å². The van der Waals surface area contributed by atoms with Crippen LogP contribution in [0.4, 0.5) is 0 Å². The zero-order valence-corrected chi connectivity index (χ0v) is 10.7. The van der Waals surface area contributed by atoms with Gasteiger partial charge in [-0.2, -0.15) is 0 Å². The molecule has 8 heteroatoms. The molecule has 100 valence electrons. The van der Waals surface area contributed by atoms with Crippen LogP contribution in [-0.4, -0.2) is 68.4 Å². The maximum Gasteiger partial charge on any atom is 0.323 e. The molecule has 0 aromatic carbocycles. The fourth-order valence-corrected chi connectivity index (χ4v) is 2.69. The lowest BCUT2D eigenvalue weighted by Gasteiger charge is -2.28. The first-order chi connectivity index (χ1) is 7.85. The minimum atomic E-state index is -3.81. The molecule has 7 nitrogen and oxygen atoms in total. The molecule has 0 radical (unpaired) electrons. The highest BCUT2D eigenvalue weighted by Crippen LogP contribution is 2.09. The van der Waals surface area contributed by atoms with Crippen LogP contribution in [0.5, 0.6) is 0 Å². The third kappa shape index (κ3) is 3.63. The Balaban J connectivity index is 2.62. The molecule has 1 aliphatic rings. The predicted molar refractivity (Wildman–Crippen MR) is 61.3 cm³/mol. The third-order valence-electron chi connectivity index (χ3n) is 2.69. The van der Waals surface area contributed by atoms with Crippen molar-refractivity contribution in [1.29, 1.82) is 0 Å². The molecule has 1 heterocycles. The van der Waals surface area contributed by atoms with Gasteiger partial charge < -0.3 is 15.2 Å². The molecule has 0 aromatic rings. The lowest BCUT2D eigenvalue weighted by atomic mass is 10.3. The van der Waals surface area contributed by atoms with Crippen molar-refractivity contribution in [2.24, 2.45) is 0 Å². The number of hydrogen-bond donors (Lipinski definition) is 2. The average Bonchev–Trinajstić information content (AvgIpc) is 2.29. The van der Waals surface area contributed by atoms with E-state index in [1.54, 1.807) is 0 Å². The summed E-state index contributed by atoms with van der Waals surface area (Å²) in [6, 6.07) is 0.